The van der Waals surface area contributed by atoms with Crippen LogP contribution in [0.4, 0.5) is 0 Å². The van der Waals surface area contributed by atoms with Gasteiger partial charge in [0.05, 0.1) is 12.6 Å². The zero-order valence-electron chi connectivity index (χ0n) is 15.7. The summed E-state index contributed by atoms with van der Waals surface area (Å²) >= 11 is 1.86. The Bertz CT molecular complexity index is 742. The van der Waals surface area contributed by atoms with Gasteiger partial charge >= 0.3 is 0 Å². The summed E-state index contributed by atoms with van der Waals surface area (Å²) in [6.45, 7) is 8.29. The summed E-state index contributed by atoms with van der Waals surface area (Å²) in [5.41, 5.74) is 0. The second-order valence-corrected chi connectivity index (χ2v) is 8.07. The predicted molar refractivity (Wildman–Crippen MR) is 101 cm³/mol. The lowest BCUT2D eigenvalue weighted by Crippen LogP contribution is -2.30. The van der Waals surface area contributed by atoms with Crippen molar-refractivity contribution in [1.29, 1.82) is 0 Å². The number of fused-ring (bicyclic) bond motifs is 1. The average Bonchev–Trinajstić information content (AvgIpc) is 3.16. The van der Waals surface area contributed by atoms with E-state index < -0.39 is 0 Å². The van der Waals surface area contributed by atoms with Crippen molar-refractivity contribution in [3.8, 4) is 0 Å². The number of carbonyl (C=O) groups excluding carboxylic acids is 1. The molecule has 0 radical (unpaired) electrons. The summed E-state index contributed by atoms with van der Waals surface area (Å²) < 4.78 is 7.12. The lowest BCUT2D eigenvalue weighted by Gasteiger charge is -2.19. The minimum absolute atomic E-state index is 0.0278. The van der Waals surface area contributed by atoms with Gasteiger partial charge in [0.15, 0.2) is 5.82 Å². The fourth-order valence-corrected chi connectivity index (χ4v) is 4.16. The van der Waals surface area contributed by atoms with Crippen LogP contribution in [-0.2, 0) is 29.0 Å². The Balaban J connectivity index is 1.61. The van der Waals surface area contributed by atoms with Crippen LogP contribution in [0.1, 0.15) is 40.8 Å². The van der Waals surface area contributed by atoms with Crippen LogP contribution in [0.5, 0.6) is 0 Å². The second kappa shape index (κ2) is 8.75. The number of aryl methyl sites for hydroxylation is 1. The van der Waals surface area contributed by atoms with Gasteiger partial charge in [-0.05, 0) is 26.0 Å². The molecule has 1 amide bonds. The molecule has 142 valence electrons. The summed E-state index contributed by atoms with van der Waals surface area (Å²) in [5.74, 6) is 1.81. The largest absolute Gasteiger partial charge is 0.384 e. The molecule has 2 aromatic heterocycles. The van der Waals surface area contributed by atoms with Crippen LogP contribution in [0.2, 0.25) is 0 Å². The smallest absolute Gasteiger partial charge is 0.222 e. The lowest BCUT2D eigenvalue weighted by molar-refractivity contribution is -0.122. The molecule has 1 N–H and O–H groups in total. The highest BCUT2D eigenvalue weighted by molar-refractivity contribution is 7.11. The van der Waals surface area contributed by atoms with E-state index in [1.165, 1.54) is 9.75 Å². The molecule has 0 saturated carbocycles. The van der Waals surface area contributed by atoms with Gasteiger partial charge in [0.2, 0.25) is 5.91 Å². The highest BCUT2D eigenvalue weighted by Gasteiger charge is 2.22. The van der Waals surface area contributed by atoms with E-state index in [2.05, 4.69) is 44.0 Å². The van der Waals surface area contributed by atoms with Gasteiger partial charge in [-0.25, -0.2) is 0 Å². The van der Waals surface area contributed by atoms with Crippen molar-refractivity contribution in [3.05, 3.63) is 33.5 Å². The first-order valence-electron chi connectivity index (χ1n) is 9.04. The van der Waals surface area contributed by atoms with Gasteiger partial charge < -0.3 is 14.6 Å². The molecule has 0 aromatic carbocycles. The maximum absolute atomic E-state index is 11.9. The van der Waals surface area contributed by atoms with Crippen molar-refractivity contribution in [2.75, 3.05) is 26.8 Å². The Morgan fingerprint density at radius 1 is 1.35 bits per heavy atom. The SMILES string of the molecule is COCCC(=O)N[C@@H](C)c1nnc2n1CCN(Cc1ccc(C)s1)CC2. The molecule has 0 unspecified atom stereocenters. The van der Waals surface area contributed by atoms with Crippen molar-refractivity contribution in [1.82, 2.24) is 25.0 Å². The first kappa shape index (κ1) is 19.0. The standard InChI is InChI=1S/C18H27N5O2S/c1-13-4-5-15(26-13)12-22-8-6-16-20-21-18(23(16)10-9-22)14(2)19-17(24)7-11-25-3/h4-5,14H,6-12H2,1-3H3,(H,19,24)/t14-/m0/s1. The Morgan fingerprint density at radius 3 is 2.92 bits per heavy atom. The number of ether oxygens (including phenoxy) is 1. The molecule has 8 heteroatoms. The van der Waals surface area contributed by atoms with E-state index in [-0.39, 0.29) is 11.9 Å². The Kier molecular flexibility index (Phi) is 6.39. The number of aromatic nitrogens is 3. The molecule has 0 aliphatic carbocycles. The third kappa shape index (κ3) is 4.69. The molecule has 1 aliphatic heterocycles. The fourth-order valence-electron chi connectivity index (χ4n) is 3.23. The van der Waals surface area contributed by atoms with Crippen molar-refractivity contribution >= 4 is 17.2 Å². The summed E-state index contributed by atoms with van der Waals surface area (Å²) in [7, 11) is 1.60. The topological polar surface area (TPSA) is 72.3 Å². The summed E-state index contributed by atoms with van der Waals surface area (Å²) in [6, 6.07) is 4.24. The van der Waals surface area contributed by atoms with Crippen LogP contribution in [0.3, 0.4) is 0 Å². The third-order valence-electron chi connectivity index (χ3n) is 4.62. The molecular formula is C18H27N5O2S. The number of carbonyl (C=O) groups is 1. The van der Waals surface area contributed by atoms with Crippen LogP contribution in [-0.4, -0.2) is 52.4 Å². The van der Waals surface area contributed by atoms with Crippen molar-refractivity contribution in [3.63, 3.8) is 0 Å². The molecule has 0 fully saturated rings. The highest BCUT2D eigenvalue weighted by Crippen LogP contribution is 2.20. The molecule has 0 saturated heterocycles. The van der Waals surface area contributed by atoms with E-state index >= 15 is 0 Å². The lowest BCUT2D eigenvalue weighted by atomic mass is 10.3. The molecule has 1 aliphatic rings. The molecule has 1 atom stereocenters. The van der Waals surface area contributed by atoms with Gasteiger partial charge in [-0.15, -0.1) is 21.5 Å². The maximum Gasteiger partial charge on any atom is 0.222 e. The number of thiophene rings is 1. The van der Waals surface area contributed by atoms with Gasteiger partial charge in [0.25, 0.3) is 0 Å². The fraction of sp³-hybridized carbons (Fsp3) is 0.611. The zero-order valence-corrected chi connectivity index (χ0v) is 16.5. The summed E-state index contributed by atoms with van der Waals surface area (Å²) in [5, 5.41) is 11.7. The van der Waals surface area contributed by atoms with Gasteiger partial charge in [-0.1, -0.05) is 0 Å². The van der Waals surface area contributed by atoms with E-state index in [4.69, 9.17) is 4.74 Å². The molecule has 3 rings (SSSR count). The number of hydrogen-bond acceptors (Lipinski definition) is 6. The molecule has 2 aromatic rings. The molecule has 26 heavy (non-hydrogen) atoms. The molecule has 7 nitrogen and oxygen atoms in total. The van der Waals surface area contributed by atoms with Gasteiger partial charge in [0, 0.05) is 55.9 Å². The minimum atomic E-state index is -0.160. The number of nitrogens with one attached hydrogen (secondary N) is 1. The second-order valence-electron chi connectivity index (χ2n) is 6.70. The van der Waals surface area contributed by atoms with Crippen molar-refractivity contribution in [2.45, 2.75) is 45.8 Å². The van der Waals surface area contributed by atoms with Gasteiger partial charge in [-0.3, -0.25) is 9.69 Å². The summed E-state index contributed by atoms with van der Waals surface area (Å²) in [6.07, 6.45) is 1.23. The van der Waals surface area contributed by atoms with Crippen LogP contribution in [0.15, 0.2) is 12.1 Å². The van der Waals surface area contributed by atoms with Gasteiger partial charge in [0.1, 0.15) is 5.82 Å². The number of rotatable bonds is 7. The van der Waals surface area contributed by atoms with E-state index in [0.29, 0.717) is 13.0 Å². The number of nitrogens with zero attached hydrogens (tertiary/aromatic N) is 4. The summed E-state index contributed by atoms with van der Waals surface area (Å²) in [4.78, 5) is 17.2. The van der Waals surface area contributed by atoms with E-state index in [1.54, 1.807) is 7.11 Å². The Hall–Kier alpha value is -1.77. The number of amides is 1. The van der Waals surface area contributed by atoms with E-state index in [0.717, 1.165) is 44.2 Å². The number of methoxy groups -OCH3 is 1. The normalized spacial score (nSPS) is 16.1. The van der Waals surface area contributed by atoms with Crippen LogP contribution < -0.4 is 5.32 Å². The minimum Gasteiger partial charge on any atom is -0.384 e. The Morgan fingerprint density at radius 2 is 2.19 bits per heavy atom. The maximum atomic E-state index is 11.9. The average molecular weight is 378 g/mol. The first-order chi connectivity index (χ1) is 12.6. The van der Waals surface area contributed by atoms with E-state index in [9.17, 15) is 4.79 Å². The Labute approximate surface area is 158 Å². The molecule has 3 heterocycles. The molecular weight excluding hydrogens is 350 g/mol. The van der Waals surface area contributed by atoms with Crippen LogP contribution >= 0.6 is 11.3 Å². The number of hydrogen-bond donors (Lipinski definition) is 1. The van der Waals surface area contributed by atoms with Gasteiger partial charge in [-0.2, -0.15) is 0 Å². The predicted octanol–water partition coefficient (Wildman–Crippen LogP) is 1.92. The van der Waals surface area contributed by atoms with Crippen LogP contribution in [0.25, 0.3) is 0 Å². The van der Waals surface area contributed by atoms with Crippen molar-refractivity contribution < 1.29 is 9.53 Å². The van der Waals surface area contributed by atoms with Crippen molar-refractivity contribution in [2.24, 2.45) is 0 Å². The highest BCUT2D eigenvalue weighted by atomic mass is 32.1. The monoisotopic (exact) mass is 377 g/mol. The molecule has 0 spiro atoms. The molecule has 0 bridgehead atoms. The van der Waals surface area contributed by atoms with E-state index in [1.807, 2.05) is 18.3 Å². The first-order valence-corrected chi connectivity index (χ1v) is 9.86. The van der Waals surface area contributed by atoms with Crippen LogP contribution in [0, 0.1) is 6.92 Å². The third-order valence-corrected chi connectivity index (χ3v) is 5.61. The zero-order chi connectivity index (χ0) is 18.5. The quantitative estimate of drug-likeness (QED) is 0.798.